The van der Waals surface area contributed by atoms with Crippen LogP contribution in [-0.4, -0.2) is 50.7 Å². The summed E-state index contributed by atoms with van der Waals surface area (Å²) >= 11 is 0. The van der Waals surface area contributed by atoms with Crippen molar-refractivity contribution < 1.29 is 28.7 Å². The zero-order valence-electron chi connectivity index (χ0n) is 16.7. The summed E-state index contributed by atoms with van der Waals surface area (Å²) in [6.07, 6.45) is 0.642. The van der Waals surface area contributed by atoms with Gasteiger partial charge in [0, 0.05) is 19.2 Å². The average molecular weight is 402 g/mol. The fourth-order valence-electron chi connectivity index (χ4n) is 3.49. The van der Waals surface area contributed by atoms with Gasteiger partial charge in [-0.3, -0.25) is 14.9 Å². The number of rotatable bonds is 6. The minimum absolute atomic E-state index is 0.0620. The summed E-state index contributed by atoms with van der Waals surface area (Å²) in [7, 11) is 5.59. The first-order chi connectivity index (χ1) is 13.9. The van der Waals surface area contributed by atoms with Crippen LogP contribution in [0.5, 0.6) is 23.0 Å². The molecule has 1 aliphatic rings. The third-order valence-corrected chi connectivity index (χ3v) is 4.93. The van der Waals surface area contributed by atoms with Crippen molar-refractivity contribution >= 4 is 11.6 Å². The molecular weight excluding hydrogens is 380 g/mol. The molecule has 0 atom stereocenters. The maximum Gasteiger partial charge on any atom is 0.327 e. The summed E-state index contributed by atoms with van der Waals surface area (Å²) in [5.41, 5.74) is 1.50. The Morgan fingerprint density at radius 3 is 2.31 bits per heavy atom. The smallest absolute Gasteiger partial charge is 0.327 e. The third-order valence-electron chi connectivity index (χ3n) is 4.93. The summed E-state index contributed by atoms with van der Waals surface area (Å²) in [5.74, 6) is 0.296. The molecule has 29 heavy (non-hydrogen) atoms. The SMILES string of the molecule is COc1ccc2c(c1)CN(C(=O)c1cc(OC)c(OC)c(OC)c1[N+](=O)[O-])CC2. The maximum absolute atomic E-state index is 13.3. The number of methoxy groups -OCH3 is 4. The highest BCUT2D eigenvalue weighted by molar-refractivity contribution is 6.00. The Labute approximate surface area is 167 Å². The Morgan fingerprint density at radius 2 is 1.72 bits per heavy atom. The molecule has 3 rings (SSSR count). The van der Waals surface area contributed by atoms with Gasteiger partial charge >= 0.3 is 5.69 Å². The highest BCUT2D eigenvalue weighted by Gasteiger charge is 2.35. The molecule has 154 valence electrons. The van der Waals surface area contributed by atoms with Crippen LogP contribution in [0.1, 0.15) is 21.5 Å². The lowest BCUT2D eigenvalue weighted by molar-refractivity contribution is -0.386. The normalized spacial score (nSPS) is 12.8. The van der Waals surface area contributed by atoms with E-state index in [-0.39, 0.29) is 22.8 Å². The second kappa shape index (κ2) is 8.26. The molecule has 0 bridgehead atoms. The Morgan fingerprint density at radius 1 is 1.00 bits per heavy atom. The lowest BCUT2D eigenvalue weighted by atomic mass is 9.98. The van der Waals surface area contributed by atoms with Crippen LogP contribution in [0, 0.1) is 10.1 Å². The predicted octanol–water partition coefficient (Wildman–Crippen LogP) is 2.83. The monoisotopic (exact) mass is 402 g/mol. The molecule has 0 saturated heterocycles. The fraction of sp³-hybridized carbons (Fsp3) is 0.350. The number of benzene rings is 2. The molecule has 0 fully saturated rings. The first-order valence-corrected chi connectivity index (χ1v) is 8.87. The van der Waals surface area contributed by atoms with Crippen LogP contribution in [0.2, 0.25) is 0 Å². The Kier molecular flexibility index (Phi) is 5.76. The van der Waals surface area contributed by atoms with Crippen molar-refractivity contribution in [3.8, 4) is 23.0 Å². The van der Waals surface area contributed by atoms with Crippen LogP contribution in [0.4, 0.5) is 5.69 Å². The van der Waals surface area contributed by atoms with Gasteiger partial charge in [0.05, 0.1) is 33.4 Å². The minimum Gasteiger partial charge on any atom is -0.497 e. The van der Waals surface area contributed by atoms with E-state index >= 15 is 0 Å². The standard InChI is InChI=1S/C20H22N2O7/c1-26-14-6-5-12-7-8-21(11-13(12)9-14)20(23)15-10-16(27-2)18(28-3)19(29-4)17(15)22(24)25/h5-6,9-10H,7-8,11H2,1-4H3. The summed E-state index contributed by atoms with van der Waals surface area (Å²) < 4.78 is 20.9. The molecule has 0 radical (unpaired) electrons. The highest BCUT2D eigenvalue weighted by atomic mass is 16.6. The summed E-state index contributed by atoms with van der Waals surface area (Å²) in [6, 6.07) is 7.04. The summed E-state index contributed by atoms with van der Waals surface area (Å²) in [6.45, 7) is 0.755. The molecule has 0 N–H and O–H groups in total. The van der Waals surface area contributed by atoms with E-state index in [2.05, 4.69) is 0 Å². The molecular formula is C20H22N2O7. The zero-order chi connectivity index (χ0) is 21.1. The lowest BCUT2D eigenvalue weighted by Gasteiger charge is -2.29. The fourth-order valence-corrected chi connectivity index (χ4v) is 3.49. The van der Waals surface area contributed by atoms with Gasteiger partial charge in [0.15, 0.2) is 5.75 Å². The van der Waals surface area contributed by atoms with Gasteiger partial charge in [0.25, 0.3) is 5.91 Å². The predicted molar refractivity (Wildman–Crippen MR) is 104 cm³/mol. The molecule has 1 heterocycles. The number of nitro benzene ring substituents is 1. The first kappa shape index (κ1) is 20.2. The van der Waals surface area contributed by atoms with Crippen molar-refractivity contribution in [1.82, 2.24) is 4.90 Å². The van der Waals surface area contributed by atoms with Crippen molar-refractivity contribution in [2.45, 2.75) is 13.0 Å². The van der Waals surface area contributed by atoms with Crippen molar-refractivity contribution in [2.24, 2.45) is 0 Å². The molecule has 2 aromatic carbocycles. The number of fused-ring (bicyclic) bond motifs is 1. The molecule has 0 aliphatic carbocycles. The number of hydrogen-bond donors (Lipinski definition) is 0. The number of hydrogen-bond acceptors (Lipinski definition) is 7. The van der Waals surface area contributed by atoms with E-state index < -0.39 is 16.5 Å². The molecule has 0 spiro atoms. The Bertz CT molecular complexity index is 958. The van der Waals surface area contributed by atoms with E-state index in [4.69, 9.17) is 18.9 Å². The van der Waals surface area contributed by atoms with Gasteiger partial charge in [-0.25, -0.2) is 0 Å². The first-order valence-electron chi connectivity index (χ1n) is 8.87. The van der Waals surface area contributed by atoms with E-state index in [1.54, 1.807) is 12.0 Å². The molecule has 9 nitrogen and oxygen atoms in total. The molecule has 0 saturated carbocycles. The quantitative estimate of drug-likeness (QED) is 0.541. The molecule has 0 aromatic heterocycles. The van der Waals surface area contributed by atoms with Crippen molar-refractivity contribution in [1.29, 1.82) is 0 Å². The number of carbonyl (C=O) groups is 1. The van der Waals surface area contributed by atoms with Gasteiger partial charge in [-0.15, -0.1) is 0 Å². The largest absolute Gasteiger partial charge is 0.497 e. The van der Waals surface area contributed by atoms with E-state index in [0.717, 1.165) is 11.1 Å². The van der Waals surface area contributed by atoms with Crippen LogP contribution < -0.4 is 18.9 Å². The van der Waals surface area contributed by atoms with Gasteiger partial charge in [0.2, 0.25) is 11.5 Å². The van der Waals surface area contributed by atoms with Crippen LogP contribution in [0.3, 0.4) is 0 Å². The number of amides is 1. The summed E-state index contributed by atoms with van der Waals surface area (Å²) in [5, 5.41) is 11.8. The second-order valence-corrected chi connectivity index (χ2v) is 6.41. The Balaban J connectivity index is 2.05. The van der Waals surface area contributed by atoms with E-state index in [0.29, 0.717) is 25.3 Å². The third kappa shape index (κ3) is 3.63. The molecule has 9 heteroatoms. The number of carbonyl (C=O) groups excluding carboxylic acids is 1. The minimum atomic E-state index is -0.644. The second-order valence-electron chi connectivity index (χ2n) is 6.41. The van der Waals surface area contributed by atoms with Gasteiger partial charge in [-0.05, 0) is 29.7 Å². The number of nitro groups is 1. The lowest BCUT2D eigenvalue weighted by Crippen LogP contribution is -2.36. The van der Waals surface area contributed by atoms with Crippen LogP contribution in [0.25, 0.3) is 0 Å². The van der Waals surface area contributed by atoms with Crippen molar-refractivity contribution in [3.05, 3.63) is 51.1 Å². The van der Waals surface area contributed by atoms with Gasteiger partial charge in [-0.2, -0.15) is 0 Å². The van der Waals surface area contributed by atoms with E-state index in [1.165, 1.54) is 27.4 Å². The number of nitrogens with zero attached hydrogens (tertiary/aromatic N) is 2. The van der Waals surface area contributed by atoms with Crippen molar-refractivity contribution in [3.63, 3.8) is 0 Å². The summed E-state index contributed by atoms with van der Waals surface area (Å²) in [4.78, 5) is 26.0. The zero-order valence-corrected chi connectivity index (χ0v) is 16.7. The van der Waals surface area contributed by atoms with Gasteiger partial charge in [0.1, 0.15) is 11.3 Å². The van der Waals surface area contributed by atoms with E-state index in [9.17, 15) is 14.9 Å². The Hall–Kier alpha value is -3.49. The van der Waals surface area contributed by atoms with E-state index in [1.807, 2.05) is 18.2 Å². The van der Waals surface area contributed by atoms with Gasteiger partial charge < -0.3 is 23.8 Å². The van der Waals surface area contributed by atoms with Crippen LogP contribution >= 0.6 is 0 Å². The highest BCUT2D eigenvalue weighted by Crippen LogP contribution is 2.46. The molecule has 0 unspecified atom stereocenters. The topological polar surface area (TPSA) is 100 Å². The molecule has 2 aromatic rings. The van der Waals surface area contributed by atoms with Crippen LogP contribution in [0.15, 0.2) is 24.3 Å². The van der Waals surface area contributed by atoms with Crippen LogP contribution in [-0.2, 0) is 13.0 Å². The molecule has 1 amide bonds. The maximum atomic E-state index is 13.3. The molecule has 1 aliphatic heterocycles. The number of ether oxygens (including phenoxy) is 4. The van der Waals surface area contributed by atoms with Gasteiger partial charge in [-0.1, -0.05) is 6.07 Å². The van der Waals surface area contributed by atoms with Crippen molar-refractivity contribution in [2.75, 3.05) is 35.0 Å². The average Bonchev–Trinajstić information content (AvgIpc) is 2.75.